The van der Waals surface area contributed by atoms with Gasteiger partial charge in [-0.3, -0.25) is 14.5 Å². The van der Waals surface area contributed by atoms with Crippen LogP contribution in [0.25, 0.3) is 6.08 Å². The molecule has 0 radical (unpaired) electrons. The summed E-state index contributed by atoms with van der Waals surface area (Å²) in [5.74, 6) is -0.437. The van der Waals surface area contributed by atoms with E-state index < -0.39 is 0 Å². The van der Waals surface area contributed by atoms with E-state index in [1.807, 2.05) is 43.3 Å². The molecule has 0 atom stereocenters. The van der Waals surface area contributed by atoms with Crippen LogP contribution in [0.5, 0.6) is 0 Å². The van der Waals surface area contributed by atoms with Crippen LogP contribution in [0.1, 0.15) is 31.8 Å². The predicted molar refractivity (Wildman–Crippen MR) is 82.0 cm³/mol. The summed E-state index contributed by atoms with van der Waals surface area (Å²) >= 11 is 0. The lowest BCUT2D eigenvalue weighted by atomic mass is 10.1. The molecule has 1 aliphatic rings. The van der Waals surface area contributed by atoms with Gasteiger partial charge in [0.05, 0.1) is 11.1 Å². The summed E-state index contributed by atoms with van der Waals surface area (Å²) in [4.78, 5) is 25.6. The van der Waals surface area contributed by atoms with Crippen molar-refractivity contribution in [1.29, 1.82) is 0 Å². The van der Waals surface area contributed by atoms with Crippen molar-refractivity contribution in [3.63, 3.8) is 0 Å². The van der Waals surface area contributed by atoms with E-state index in [2.05, 4.69) is 0 Å². The fourth-order valence-corrected chi connectivity index (χ4v) is 2.38. The molecular weight excluding hydrogens is 262 g/mol. The van der Waals surface area contributed by atoms with Crippen LogP contribution in [0.2, 0.25) is 0 Å². The number of nitrogens with zero attached hydrogens (tertiary/aromatic N) is 1. The predicted octanol–water partition coefficient (Wildman–Crippen LogP) is 3.30. The lowest BCUT2D eigenvalue weighted by molar-refractivity contribution is 0.0672. The number of fused-ring (bicyclic) bond motifs is 1. The van der Waals surface area contributed by atoms with Crippen molar-refractivity contribution >= 4 is 17.9 Å². The second-order valence-electron chi connectivity index (χ2n) is 5.08. The maximum atomic E-state index is 12.2. The second-order valence-corrected chi connectivity index (χ2v) is 5.08. The molecule has 0 fully saturated rings. The minimum atomic E-state index is -0.218. The summed E-state index contributed by atoms with van der Waals surface area (Å²) < 4.78 is 0. The SMILES string of the molecule is Cc1ccc(/C=C/CN2C(=O)c3ccccc3C2=O)cc1. The summed E-state index contributed by atoms with van der Waals surface area (Å²) in [6.07, 6.45) is 3.76. The second kappa shape index (κ2) is 5.37. The first-order chi connectivity index (χ1) is 10.2. The molecule has 0 aromatic heterocycles. The van der Waals surface area contributed by atoms with E-state index in [4.69, 9.17) is 0 Å². The number of imide groups is 1. The van der Waals surface area contributed by atoms with Crippen LogP contribution < -0.4 is 0 Å². The molecule has 3 rings (SSSR count). The monoisotopic (exact) mass is 277 g/mol. The van der Waals surface area contributed by atoms with Crippen LogP contribution in [0.4, 0.5) is 0 Å². The standard InChI is InChI=1S/C18H15NO2/c1-13-8-10-14(11-9-13)5-4-12-19-17(20)15-6-2-3-7-16(15)18(19)21/h2-11H,12H2,1H3/b5-4+. The van der Waals surface area contributed by atoms with Crippen LogP contribution in [0.15, 0.2) is 54.6 Å². The number of rotatable bonds is 3. The summed E-state index contributed by atoms with van der Waals surface area (Å²) in [6.45, 7) is 2.33. The molecule has 0 aliphatic carbocycles. The molecule has 1 aliphatic heterocycles. The van der Waals surface area contributed by atoms with Crippen LogP contribution in [0, 0.1) is 6.92 Å². The van der Waals surface area contributed by atoms with E-state index in [1.165, 1.54) is 10.5 Å². The first-order valence-corrected chi connectivity index (χ1v) is 6.85. The zero-order chi connectivity index (χ0) is 14.8. The molecule has 0 spiro atoms. The van der Waals surface area contributed by atoms with Crippen LogP contribution in [0.3, 0.4) is 0 Å². The van der Waals surface area contributed by atoms with Crippen molar-refractivity contribution in [2.75, 3.05) is 6.54 Å². The third-order valence-electron chi connectivity index (χ3n) is 3.55. The summed E-state index contributed by atoms with van der Waals surface area (Å²) in [6, 6.07) is 15.0. The van der Waals surface area contributed by atoms with E-state index in [-0.39, 0.29) is 11.8 Å². The van der Waals surface area contributed by atoms with Gasteiger partial charge >= 0.3 is 0 Å². The molecule has 2 amide bonds. The van der Waals surface area contributed by atoms with Crippen molar-refractivity contribution in [2.24, 2.45) is 0 Å². The van der Waals surface area contributed by atoms with Crippen LogP contribution in [-0.2, 0) is 0 Å². The Morgan fingerprint density at radius 1 is 0.905 bits per heavy atom. The average Bonchev–Trinajstić information content (AvgIpc) is 2.75. The maximum absolute atomic E-state index is 12.2. The highest BCUT2D eigenvalue weighted by Crippen LogP contribution is 2.22. The van der Waals surface area contributed by atoms with Gasteiger partial charge in [0, 0.05) is 6.54 Å². The molecule has 104 valence electrons. The van der Waals surface area contributed by atoms with E-state index in [0.29, 0.717) is 17.7 Å². The molecular formula is C18H15NO2. The highest BCUT2D eigenvalue weighted by Gasteiger charge is 2.33. The molecule has 0 saturated heterocycles. The number of amides is 2. The lowest BCUT2D eigenvalue weighted by Gasteiger charge is -2.10. The Balaban J connectivity index is 1.74. The zero-order valence-corrected chi connectivity index (χ0v) is 11.7. The highest BCUT2D eigenvalue weighted by atomic mass is 16.2. The third-order valence-corrected chi connectivity index (χ3v) is 3.55. The Kier molecular flexibility index (Phi) is 3.40. The number of hydrogen-bond acceptors (Lipinski definition) is 2. The van der Waals surface area contributed by atoms with Gasteiger partial charge in [-0.05, 0) is 24.6 Å². The van der Waals surface area contributed by atoms with Gasteiger partial charge in [-0.25, -0.2) is 0 Å². The molecule has 2 aromatic carbocycles. The largest absolute Gasteiger partial charge is 0.270 e. The van der Waals surface area contributed by atoms with Crippen LogP contribution in [-0.4, -0.2) is 23.3 Å². The van der Waals surface area contributed by atoms with Gasteiger partial charge in [0.1, 0.15) is 0 Å². The third kappa shape index (κ3) is 2.50. The van der Waals surface area contributed by atoms with Gasteiger partial charge in [0.2, 0.25) is 0 Å². The summed E-state index contributed by atoms with van der Waals surface area (Å²) in [5, 5.41) is 0. The van der Waals surface area contributed by atoms with Gasteiger partial charge < -0.3 is 0 Å². The van der Waals surface area contributed by atoms with Crippen molar-refractivity contribution in [3.05, 3.63) is 76.9 Å². The summed E-state index contributed by atoms with van der Waals surface area (Å²) in [5.41, 5.74) is 3.24. The topological polar surface area (TPSA) is 37.4 Å². The normalized spacial score (nSPS) is 14.0. The minimum absolute atomic E-state index is 0.218. The molecule has 0 bridgehead atoms. The average molecular weight is 277 g/mol. The molecule has 0 saturated carbocycles. The number of carbonyl (C=O) groups is 2. The highest BCUT2D eigenvalue weighted by molar-refractivity contribution is 6.21. The number of carbonyl (C=O) groups excluding carboxylic acids is 2. The van der Waals surface area contributed by atoms with E-state index in [0.717, 1.165) is 5.56 Å². The van der Waals surface area contributed by atoms with Gasteiger partial charge in [0.15, 0.2) is 0 Å². The first kappa shape index (κ1) is 13.3. The molecule has 3 nitrogen and oxygen atoms in total. The molecule has 0 N–H and O–H groups in total. The maximum Gasteiger partial charge on any atom is 0.261 e. The fourth-order valence-electron chi connectivity index (χ4n) is 2.38. The van der Waals surface area contributed by atoms with E-state index >= 15 is 0 Å². The molecule has 1 heterocycles. The van der Waals surface area contributed by atoms with Gasteiger partial charge in [0.25, 0.3) is 11.8 Å². The first-order valence-electron chi connectivity index (χ1n) is 6.85. The van der Waals surface area contributed by atoms with Crippen molar-refractivity contribution in [2.45, 2.75) is 6.92 Å². The lowest BCUT2D eigenvalue weighted by Crippen LogP contribution is -2.29. The number of aryl methyl sites for hydroxylation is 1. The Bertz CT molecular complexity index is 694. The quantitative estimate of drug-likeness (QED) is 0.807. The van der Waals surface area contributed by atoms with Gasteiger partial charge in [-0.1, -0.05) is 54.1 Å². The van der Waals surface area contributed by atoms with Crippen LogP contribution >= 0.6 is 0 Å². The van der Waals surface area contributed by atoms with Crippen molar-refractivity contribution in [3.8, 4) is 0 Å². The molecule has 21 heavy (non-hydrogen) atoms. The zero-order valence-electron chi connectivity index (χ0n) is 11.7. The van der Waals surface area contributed by atoms with E-state index in [1.54, 1.807) is 24.3 Å². The Morgan fingerprint density at radius 3 is 2.05 bits per heavy atom. The Hall–Kier alpha value is -2.68. The Labute approximate surface area is 123 Å². The molecule has 3 heteroatoms. The fraction of sp³-hybridized carbons (Fsp3) is 0.111. The van der Waals surface area contributed by atoms with Gasteiger partial charge in [-0.15, -0.1) is 0 Å². The minimum Gasteiger partial charge on any atom is -0.270 e. The Morgan fingerprint density at radius 2 is 1.48 bits per heavy atom. The smallest absolute Gasteiger partial charge is 0.261 e. The molecule has 2 aromatic rings. The number of hydrogen-bond donors (Lipinski definition) is 0. The van der Waals surface area contributed by atoms with E-state index in [9.17, 15) is 9.59 Å². The van der Waals surface area contributed by atoms with Crippen molar-refractivity contribution < 1.29 is 9.59 Å². The summed E-state index contributed by atoms with van der Waals surface area (Å²) in [7, 11) is 0. The number of benzene rings is 2. The molecule has 0 unspecified atom stereocenters. The van der Waals surface area contributed by atoms with Gasteiger partial charge in [-0.2, -0.15) is 0 Å². The van der Waals surface area contributed by atoms with Crippen molar-refractivity contribution in [1.82, 2.24) is 4.90 Å².